The molecule has 1 aliphatic heterocycles. The summed E-state index contributed by atoms with van der Waals surface area (Å²) in [6.07, 6.45) is 4.44. The van der Waals surface area contributed by atoms with Crippen molar-refractivity contribution in [2.24, 2.45) is 0 Å². The van der Waals surface area contributed by atoms with Crippen LogP contribution in [0.2, 0.25) is 0 Å². The Morgan fingerprint density at radius 3 is 2.62 bits per heavy atom. The highest BCUT2D eigenvalue weighted by molar-refractivity contribution is 5.78. The minimum Gasteiger partial charge on any atom is -0.493 e. The first-order valence-corrected chi connectivity index (χ1v) is 7.24. The molecule has 1 fully saturated rings. The van der Waals surface area contributed by atoms with Crippen molar-refractivity contribution in [3.05, 3.63) is 23.8 Å². The molecule has 0 saturated carbocycles. The van der Waals surface area contributed by atoms with Gasteiger partial charge in [-0.1, -0.05) is 18.9 Å². The van der Waals surface area contributed by atoms with Crippen LogP contribution in [-0.2, 0) is 4.79 Å². The number of hydrogen-bond acceptors (Lipinski definition) is 4. The quantitative estimate of drug-likeness (QED) is 0.853. The second-order valence-electron chi connectivity index (χ2n) is 5.03. The molecule has 21 heavy (non-hydrogen) atoms. The summed E-state index contributed by atoms with van der Waals surface area (Å²) >= 11 is 0. The molecular weight excluding hydrogens is 268 g/mol. The molecular formula is C16H20N2O3. The van der Waals surface area contributed by atoms with E-state index in [0.717, 1.165) is 25.9 Å². The third-order valence-electron chi connectivity index (χ3n) is 3.62. The van der Waals surface area contributed by atoms with Crippen molar-refractivity contribution in [2.45, 2.75) is 25.7 Å². The van der Waals surface area contributed by atoms with Gasteiger partial charge in [0, 0.05) is 13.1 Å². The number of benzene rings is 1. The SMILES string of the molecule is COc1cccc(C#N)c1OCC(=O)N1CCCCCC1. The van der Waals surface area contributed by atoms with Crippen molar-refractivity contribution in [1.29, 1.82) is 5.26 Å². The number of nitriles is 1. The maximum Gasteiger partial charge on any atom is 0.260 e. The topological polar surface area (TPSA) is 62.6 Å². The van der Waals surface area contributed by atoms with Gasteiger partial charge in [0.15, 0.2) is 18.1 Å². The number of rotatable bonds is 4. The monoisotopic (exact) mass is 288 g/mol. The Labute approximate surface area is 125 Å². The van der Waals surface area contributed by atoms with E-state index < -0.39 is 0 Å². The van der Waals surface area contributed by atoms with Gasteiger partial charge in [0.2, 0.25) is 0 Å². The number of amides is 1. The molecule has 0 spiro atoms. The molecule has 0 unspecified atom stereocenters. The van der Waals surface area contributed by atoms with E-state index in [9.17, 15) is 4.79 Å². The van der Waals surface area contributed by atoms with Crippen molar-refractivity contribution in [3.8, 4) is 17.6 Å². The van der Waals surface area contributed by atoms with Crippen LogP contribution in [0, 0.1) is 11.3 Å². The van der Waals surface area contributed by atoms with Gasteiger partial charge in [0.25, 0.3) is 5.91 Å². The fourth-order valence-corrected chi connectivity index (χ4v) is 2.46. The molecule has 0 N–H and O–H groups in total. The first-order valence-electron chi connectivity index (χ1n) is 7.24. The standard InChI is InChI=1S/C16H20N2O3/c1-20-14-8-6-7-13(11-17)16(14)21-12-15(19)18-9-4-2-3-5-10-18/h6-8H,2-5,9-10,12H2,1H3. The summed E-state index contributed by atoms with van der Waals surface area (Å²) in [5, 5.41) is 9.11. The van der Waals surface area contributed by atoms with E-state index >= 15 is 0 Å². The fourth-order valence-electron chi connectivity index (χ4n) is 2.46. The van der Waals surface area contributed by atoms with Gasteiger partial charge in [0.1, 0.15) is 6.07 Å². The van der Waals surface area contributed by atoms with Crippen molar-refractivity contribution in [3.63, 3.8) is 0 Å². The molecule has 1 aromatic carbocycles. The van der Waals surface area contributed by atoms with Gasteiger partial charge in [-0.2, -0.15) is 5.26 Å². The highest BCUT2D eigenvalue weighted by Crippen LogP contribution is 2.30. The Balaban J connectivity index is 2.02. The largest absolute Gasteiger partial charge is 0.493 e. The summed E-state index contributed by atoms with van der Waals surface area (Å²) in [5.41, 5.74) is 0.373. The zero-order valence-electron chi connectivity index (χ0n) is 12.3. The van der Waals surface area contributed by atoms with Crippen LogP contribution in [0.5, 0.6) is 11.5 Å². The highest BCUT2D eigenvalue weighted by Gasteiger charge is 2.18. The van der Waals surface area contributed by atoms with E-state index in [4.69, 9.17) is 14.7 Å². The maximum absolute atomic E-state index is 12.2. The zero-order chi connectivity index (χ0) is 15.1. The molecule has 0 atom stereocenters. The van der Waals surface area contributed by atoms with E-state index in [-0.39, 0.29) is 12.5 Å². The lowest BCUT2D eigenvalue weighted by molar-refractivity contribution is -0.133. The lowest BCUT2D eigenvalue weighted by Crippen LogP contribution is -2.35. The number of ether oxygens (including phenoxy) is 2. The van der Waals surface area contributed by atoms with E-state index in [0.29, 0.717) is 17.1 Å². The molecule has 1 heterocycles. The van der Waals surface area contributed by atoms with Crippen LogP contribution in [0.25, 0.3) is 0 Å². The van der Waals surface area contributed by atoms with Gasteiger partial charge in [-0.3, -0.25) is 4.79 Å². The summed E-state index contributed by atoms with van der Waals surface area (Å²) in [4.78, 5) is 14.0. The molecule has 1 saturated heterocycles. The van der Waals surface area contributed by atoms with Crippen LogP contribution >= 0.6 is 0 Å². The van der Waals surface area contributed by atoms with Crippen LogP contribution in [0.15, 0.2) is 18.2 Å². The molecule has 1 amide bonds. The molecule has 0 aliphatic carbocycles. The summed E-state index contributed by atoms with van der Waals surface area (Å²) in [5.74, 6) is 0.773. The lowest BCUT2D eigenvalue weighted by atomic mass is 10.2. The van der Waals surface area contributed by atoms with E-state index in [1.165, 1.54) is 20.0 Å². The molecule has 2 rings (SSSR count). The number of methoxy groups -OCH3 is 1. The summed E-state index contributed by atoms with van der Waals surface area (Å²) < 4.78 is 10.8. The molecule has 1 aliphatic rings. The van der Waals surface area contributed by atoms with Crippen molar-refractivity contribution in [2.75, 3.05) is 26.8 Å². The number of hydrogen-bond donors (Lipinski definition) is 0. The predicted molar refractivity (Wildman–Crippen MR) is 78.3 cm³/mol. The number of likely N-dealkylation sites (tertiary alicyclic amines) is 1. The van der Waals surface area contributed by atoms with Crippen LogP contribution < -0.4 is 9.47 Å². The van der Waals surface area contributed by atoms with E-state index in [2.05, 4.69) is 6.07 Å². The van der Waals surface area contributed by atoms with Gasteiger partial charge < -0.3 is 14.4 Å². The lowest BCUT2D eigenvalue weighted by Gasteiger charge is -2.20. The normalized spacial score (nSPS) is 15.0. The number of carbonyl (C=O) groups excluding carboxylic acids is 1. The highest BCUT2D eigenvalue weighted by atomic mass is 16.5. The van der Waals surface area contributed by atoms with Gasteiger partial charge in [0.05, 0.1) is 12.7 Å². The van der Waals surface area contributed by atoms with Gasteiger partial charge in [-0.15, -0.1) is 0 Å². The van der Waals surface area contributed by atoms with Crippen LogP contribution in [0.4, 0.5) is 0 Å². The number of nitrogens with zero attached hydrogens (tertiary/aromatic N) is 2. The Morgan fingerprint density at radius 1 is 1.29 bits per heavy atom. The van der Waals surface area contributed by atoms with Gasteiger partial charge >= 0.3 is 0 Å². The van der Waals surface area contributed by atoms with Crippen LogP contribution in [0.1, 0.15) is 31.2 Å². The first-order chi connectivity index (χ1) is 10.3. The summed E-state index contributed by atoms with van der Waals surface area (Å²) in [7, 11) is 1.51. The van der Waals surface area contributed by atoms with Gasteiger partial charge in [-0.05, 0) is 25.0 Å². The summed E-state index contributed by atoms with van der Waals surface area (Å²) in [6, 6.07) is 7.14. The molecule has 112 valence electrons. The van der Waals surface area contributed by atoms with E-state index in [1.54, 1.807) is 18.2 Å². The zero-order valence-corrected chi connectivity index (χ0v) is 12.3. The minimum atomic E-state index is -0.0605. The third-order valence-corrected chi connectivity index (χ3v) is 3.62. The maximum atomic E-state index is 12.2. The minimum absolute atomic E-state index is 0.0355. The predicted octanol–water partition coefficient (Wildman–Crippen LogP) is 2.35. The number of carbonyl (C=O) groups is 1. The average molecular weight is 288 g/mol. The van der Waals surface area contributed by atoms with Gasteiger partial charge in [-0.25, -0.2) is 0 Å². The molecule has 0 aromatic heterocycles. The molecule has 5 heteroatoms. The third kappa shape index (κ3) is 3.88. The van der Waals surface area contributed by atoms with Crippen molar-refractivity contribution in [1.82, 2.24) is 4.90 Å². The second kappa shape index (κ2) is 7.53. The Kier molecular flexibility index (Phi) is 5.44. The van der Waals surface area contributed by atoms with E-state index in [1.807, 2.05) is 4.90 Å². The van der Waals surface area contributed by atoms with Crippen LogP contribution in [0.3, 0.4) is 0 Å². The fraction of sp³-hybridized carbons (Fsp3) is 0.500. The number of para-hydroxylation sites is 1. The molecule has 0 bridgehead atoms. The van der Waals surface area contributed by atoms with Crippen molar-refractivity contribution < 1.29 is 14.3 Å². The molecule has 5 nitrogen and oxygen atoms in total. The van der Waals surface area contributed by atoms with Crippen molar-refractivity contribution >= 4 is 5.91 Å². The molecule has 0 radical (unpaired) electrons. The first kappa shape index (κ1) is 15.2. The van der Waals surface area contributed by atoms with Crippen LogP contribution in [-0.4, -0.2) is 37.6 Å². The second-order valence-corrected chi connectivity index (χ2v) is 5.03. The summed E-state index contributed by atoms with van der Waals surface area (Å²) in [6.45, 7) is 1.52. The average Bonchev–Trinajstić information content (AvgIpc) is 2.81. The Morgan fingerprint density at radius 2 is 2.00 bits per heavy atom. The molecule has 1 aromatic rings. The Bertz CT molecular complexity index is 529. The smallest absolute Gasteiger partial charge is 0.260 e. The Hall–Kier alpha value is -2.22.